The van der Waals surface area contributed by atoms with Crippen LogP contribution in [0.15, 0.2) is 24.3 Å². The van der Waals surface area contributed by atoms with Crippen molar-refractivity contribution in [1.82, 2.24) is 0 Å². The van der Waals surface area contributed by atoms with E-state index in [1.165, 1.54) is 165 Å². The molecule has 1 atom stereocenters. The standard InChI is InChI=1S/C42H67F/c1-3-5-7-8-10-12-33-15-19-34(20-16-33)36-21-23-38(24-22-36)40-29-30-41(42(43)31-40)39-27-25-37(26-28-39)35-17-13-32(14-18-35)11-9-6-4-2/h27,29-38H,3-26,28H2,1-2H3. The van der Waals surface area contributed by atoms with E-state index >= 15 is 4.39 Å². The third-order valence-corrected chi connectivity index (χ3v) is 13.1. The van der Waals surface area contributed by atoms with E-state index in [9.17, 15) is 0 Å². The highest BCUT2D eigenvalue weighted by Crippen LogP contribution is 2.46. The van der Waals surface area contributed by atoms with E-state index in [0.29, 0.717) is 5.92 Å². The van der Waals surface area contributed by atoms with Gasteiger partial charge in [-0.3, -0.25) is 0 Å². The maximum absolute atomic E-state index is 15.5. The summed E-state index contributed by atoms with van der Waals surface area (Å²) in [5.74, 6) is 6.28. The van der Waals surface area contributed by atoms with Gasteiger partial charge >= 0.3 is 0 Å². The van der Waals surface area contributed by atoms with Crippen LogP contribution in [0.4, 0.5) is 4.39 Å². The van der Waals surface area contributed by atoms with Crippen LogP contribution >= 0.6 is 0 Å². The molecule has 0 bridgehead atoms. The van der Waals surface area contributed by atoms with Gasteiger partial charge in [0.2, 0.25) is 0 Å². The summed E-state index contributed by atoms with van der Waals surface area (Å²) in [5.41, 5.74) is 3.46. The first kappa shape index (κ1) is 33.3. The predicted octanol–water partition coefficient (Wildman–Crippen LogP) is 13.8. The number of allylic oxidation sites excluding steroid dienone is 2. The molecule has 4 aliphatic carbocycles. The van der Waals surface area contributed by atoms with Crippen molar-refractivity contribution in [1.29, 1.82) is 0 Å². The van der Waals surface area contributed by atoms with Gasteiger partial charge in [-0.25, -0.2) is 4.39 Å². The molecule has 43 heavy (non-hydrogen) atoms. The molecule has 0 saturated heterocycles. The molecule has 3 saturated carbocycles. The maximum atomic E-state index is 15.5. The SMILES string of the molecule is CCCCCCCC1CCC(C2CCC(c3ccc(C4=CCC(C5CCC(CCCCC)CC5)CC4)c(F)c3)CC2)CC1. The van der Waals surface area contributed by atoms with E-state index in [1.54, 1.807) is 0 Å². The van der Waals surface area contributed by atoms with Crippen LogP contribution in [0.2, 0.25) is 0 Å². The number of unbranched alkanes of at least 4 members (excludes halogenated alkanes) is 6. The van der Waals surface area contributed by atoms with Crippen LogP contribution in [0.5, 0.6) is 0 Å². The molecule has 1 aromatic rings. The van der Waals surface area contributed by atoms with Crippen LogP contribution in [0, 0.1) is 41.3 Å². The largest absolute Gasteiger partial charge is 0.206 e. The van der Waals surface area contributed by atoms with Crippen LogP contribution in [-0.2, 0) is 0 Å². The molecule has 1 unspecified atom stereocenters. The van der Waals surface area contributed by atoms with Crippen LogP contribution in [0.1, 0.15) is 191 Å². The zero-order valence-corrected chi connectivity index (χ0v) is 28.4. The maximum Gasteiger partial charge on any atom is 0.130 e. The van der Waals surface area contributed by atoms with Crippen LogP contribution in [-0.4, -0.2) is 0 Å². The van der Waals surface area contributed by atoms with Crippen molar-refractivity contribution in [3.8, 4) is 0 Å². The number of hydrogen-bond donors (Lipinski definition) is 0. The quantitative estimate of drug-likeness (QED) is 0.189. The summed E-state index contributed by atoms with van der Waals surface area (Å²) in [4.78, 5) is 0. The molecule has 0 aliphatic heterocycles. The highest BCUT2D eigenvalue weighted by molar-refractivity contribution is 5.67. The van der Waals surface area contributed by atoms with E-state index < -0.39 is 0 Å². The zero-order valence-electron chi connectivity index (χ0n) is 28.4. The van der Waals surface area contributed by atoms with Gasteiger partial charge in [0, 0.05) is 5.56 Å². The summed E-state index contributed by atoms with van der Waals surface area (Å²) in [5, 5.41) is 0. The van der Waals surface area contributed by atoms with Gasteiger partial charge < -0.3 is 0 Å². The van der Waals surface area contributed by atoms with Crippen LogP contribution in [0.3, 0.4) is 0 Å². The fourth-order valence-corrected chi connectivity index (χ4v) is 10.1. The lowest BCUT2D eigenvalue weighted by Gasteiger charge is -2.38. The van der Waals surface area contributed by atoms with E-state index in [2.05, 4.69) is 32.1 Å². The van der Waals surface area contributed by atoms with Crippen molar-refractivity contribution in [3.05, 3.63) is 41.2 Å². The number of rotatable bonds is 14. The first-order valence-corrected chi connectivity index (χ1v) is 19.6. The summed E-state index contributed by atoms with van der Waals surface area (Å²) in [6.45, 7) is 4.63. The summed E-state index contributed by atoms with van der Waals surface area (Å²) >= 11 is 0. The third-order valence-electron chi connectivity index (χ3n) is 13.1. The Morgan fingerprint density at radius 2 is 1.12 bits per heavy atom. The van der Waals surface area contributed by atoms with Gasteiger partial charge in [0.15, 0.2) is 0 Å². The highest BCUT2D eigenvalue weighted by Gasteiger charge is 2.32. The summed E-state index contributed by atoms with van der Waals surface area (Å²) in [7, 11) is 0. The van der Waals surface area contributed by atoms with Crippen molar-refractivity contribution in [3.63, 3.8) is 0 Å². The van der Waals surface area contributed by atoms with Gasteiger partial charge in [-0.15, -0.1) is 0 Å². The molecule has 1 heteroatoms. The molecule has 4 aliphatic rings. The monoisotopic (exact) mass is 591 g/mol. The molecule has 242 valence electrons. The number of benzene rings is 1. The Kier molecular flexibility index (Phi) is 13.6. The van der Waals surface area contributed by atoms with Crippen LogP contribution in [0.25, 0.3) is 5.57 Å². The zero-order chi connectivity index (χ0) is 29.9. The predicted molar refractivity (Wildman–Crippen MR) is 185 cm³/mol. The van der Waals surface area contributed by atoms with E-state index in [-0.39, 0.29) is 5.82 Å². The second-order valence-electron chi connectivity index (χ2n) is 15.9. The number of halogens is 1. The van der Waals surface area contributed by atoms with Gasteiger partial charge in [-0.05, 0) is 129 Å². The minimum atomic E-state index is 0.0462. The second-order valence-corrected chi connectivity index (χ2v) is 15.9. The molecule has 5 rings (SSSR count). The van der Waals surface area contributed by atoms with Gasteiger partial charge in [-0.1, -0.05) is 122 Å². The Bertz CT molecular complexity index is 951. The first-order chi connectivity index (χ1) is 21.1. The molecule has 1 aromatic carbocycles. The fourth-order valence-electron chi connectivity index (χ4n) is 10.1. The molecule has 0 amide bonds. The molecule has 0 aromatic heterocycles. The van der Waals surface area contributed by atoms with Gasteiger partial charge in [0.1, 0.15) is 5.82 Å². The van der Waals surface area contributed by atoms with Crippen LogP contribution < -0.4 is 0 Å². The minimum Gasteiger partial charge on any atom is -0.206 e. The Morgan fingerprint density at radius 1 is 0.581 bits per heavy atom. The summed E-state index contributed by atoms with van der Waals surface area (Å²) in [6, 6.07) is 6.37. The van der Waals surface area contributed by atoms with E-state index in [0.717, 1.165) is 47.5 Å². The van der Waals surface area contributed by atoms with Gasteiger partial charge in [0.05, 0.1) is 0 Å². The van der Waals surface area contributed by atoms with E-state index in [1.807, 2.05) is 6.07 Å². The Morgan fingerprint density at radius 3 is 1.67 bits per heavy atom. The minimum absolute atomic E-state index is 0.0462. The smallest absolute Gasteiger partial charge is 0.130 e. The van der Waals surface area contributed by atoms with Gasteiger partial charge in [0.25, 0.3) is 0 Å². The molecule has 0 nitrogen and oxygen atoms in total. The fraction of sp³-hybridized carbons (Fsp3) is 0.810. The highest BCUT2D eigenvalue weighted by atomic mass is 19.1. The second kappa shape index (κ2) is 17.5. The molecule has 0 heterocycles. The van der Waals surface area contributed by atoms with Crippen molar-refractivity contribution >= 4 is 5.57 Å². The average Bonchev–Trinajstić information content (AvgIpc) is 3.06. The van der Waals surface area contributed by atoms with E-state index in [4.69, 9.17) is 0 Å². The lowest BCUT2D eigenvalue weighted by molar-refractivity contribution is 0.155. The first-order valence-electron chi connectivity index (χ1n) is 19.6. The average molecular weight is 591 g/mol. The molecule has 3 fully saturated rings. The van der Waals surface area contributed by atoms with Crippen molar-refractivity contribution in [2.75, 3.05) is 0 Å². The molecule has 0 radical (unpaired) electrons. The molecular formula is C42H67F. The topological polar surface area (TPSA) is 0 Å². The number of hydrogen-bond acceptors (Lipinski definition) is 0. The van der Waals surface area contributed by atoms with Crippen molar-refractivity contribution in [2.24, 2.45) is 35.5 Å². The Balaban J connectivity index is 1.03. The third kappa shape index (κ3) is 9.69. The molecule has 0 spiro atoms. The van der Waals surface area contributed by atoms with Crippen molar-refractivity contribution in [2.45, 2.75) is 180 Å². The normalized spacial score (nSPS) is 32.0. The lowest BCUT2D eigenvalue weighted by Crippen LogP contribution is -2.25. The summed E-state index contributed by atoms with van der Waals surface area (Å²) < 4.78 is 15.5. The van der Waals surface area contributed by atoms with Crippen molar-refractivity contribution < 1.29 is 4.39 Å². The lowest BCUT2D eigenvalue weighted by atomic mass is 9.68. The Hall–Kier alpha value is -1.11. The molecule has 0 N–H and O–H groups in total. The van der Waals surface area contributed by atoms with Gasteiger partial charge in [-0.2, -0.15) is 0 Å². The Labute approximate surface area is 266 Å². The summed E-state index contributed by atoms with van der Waals surface area (Å²) in [6.07, 6.45) is 37.2. The molecular weight excluding hydrogens is 523 g/mol.